The lowest BCUT2D eigenvalue weighted by atomic mass is 9.84. The maximum atomic E-state index is 14.3. The molecule has 0 aromatic rings. The predicted molar refractivity (Wildman–Crippen MR) is 352 cm³/mol. The van der Waals surface area contributed by atoms with Crippen LogP contribution in [0.15, 0.2) is 12.2 Å². The molecule has 3 rings (SSSR count). The van der Waals surface area contributed by atoms with Gasteiger partial charge in [-0.25, -0.2) is 4.57 Å². The van der Waals surface area contributed by atoms with Gasteiger partial charge in [-0.3, -0.25) is 23.4 Å². The number of phosphoric ester groups is 1. The monoisotopic (exact) mass is 1370 g/mol. The van der Waals surface area contributed by atoms with E-state index in [-0.39, 0.29) is 19.3 Å². The molecule has 3 fully saturated rings. The van der Waals surface area contributed by atoms with Gasteiger partial charge in [-0.15, -0.1) is 0 Å². The van der Waals surface area contributed by atoms with Gasteiger partial charge in [-0.05, 0) is 44.9 Å². The fourth-order valence-electron chi connectivity index (χ4n) is 12.0. The number of ether oxygens (including phenoxy) is 7. The Morgan fingerprint density at radius 2 is 0.745 bits per heavy atom. The zero-order valence-electron chi connectivity index (χ0n) is 57.3. The topological polar surface area (TPSA) is 374 Å². The number of allylic oxidation sites excluding steroid dienone is 2. The lowest BCUT2D eigenvalue weighted by Crippen LogP contribution is -2.69. The molecular formula is C69H127O24P. The Kier molecular flexibility index (Phi) is 47.3. The Bertz CT molecular complexity index is 2010. The van der Waals surface area contributed by atoms with Gasteiger partial charge in [0.25, 0.3) is 0 Å². The second-order valence-electron chi connectivity index (χ2n) is 26.3. The molecule has 25 heteroatoms. The van der Waals surface area contributed by atoms with Crippen LogP contribution in [0.25, 0.3) is 0 Å². The summed E-state index contributed by atoms with van der Waals surface area (Å²) in [6, 6.07) is 0. The molecule has 18 unspecified atom stereocenters. The lowest BCUT2D eigenvalue weighted by Gasteiger charge is -2.49. The number of hydrogen-bond acceptors (Lipinski definition) is 23. The van der Waals surface area contributed by atoms with Gasteiger partial charge in [0, 0.05) is 19.3 Å². The van der Waals surface area contributed by atoms with Crippen LogP contribution >= 0.6 is 7.82 Å². The van der Waals surface area contributed by atoms with E-state index in [1.54, 1.807) is 0 Å². The molecule has 94 heavy (non-hydrogen) atoms. The van der Waals surface area contributed by atoms with E-state index in [0.29, 0.717) is 25.7 Å². The maximum absolute atomic E-state index is 14.3. The van der Waals surface area contributed by atoms with Crippen LogP contribution in [-0.2, 0) is 61.2 Å². The van der Waals surface area contributed by atoms with Crippen LogP contribution in [0.3, 0.4) is 0 Å². The predicted octanol–water partition coefficient (Wildman–Crippen LogP) is 9.18. The van der Waals surface area contributed by atoms with Crippen molar-refractivity contribution in [1.29, 1.82) is 0 Å². The van der Waals surface area contributed by atoms with Gasteiger partial charge in [0.05, 0.1) is 13.2 Å². The number of rotatable bonds is 56. The Labute approximate surface area is 561 Å². The number of aliphatic hydroxyl groups is 10. The van der Waals surface area contributed by atoms with Gasteiger partial charge in [0.2, 0.25) is 0 Å². The van der Waals surface area contributed by atoms with E-state index >= 15 is 0 Å². The van der Waals surface area contributed by atoms with Crippen LogP contribution in [0.2, 0.25) is 0 Å². The zero-order chi connectivity index (χ0) is 68.9. The maximum Gasteiger partial charge on any atom is 0.472 e. The number of phosphoric acid groups is 1. The lowest BCUT2D eigenvalue weighted by molar-refractivity contribution is -0.360. The highest BCUT2D eigenvalue weighted by Crippen LogP contribution is 2.49. The first-order valence-electron chi connectivity index (χ1n) is 36.5. The van der Waals surface area contributed by atoms with E-state index in [0.717, 1.165) is 89.9 Å². The van der Waals surface area contributed by atoms with Crippen molar-refractivity contribution in [3.05, 3.63) is 12.2 Å². The minimum atomic E-state index is -5.69. The van der Waals surface area contributed by atoms with Crippen molar-refractivity contribution in [1.82, 2.24) is 0 Å². The molecule has 0 aromatic heterocycles. The van der Waals surface area contributed by atoms with Crippen molar-refractivity contribution in [3.8, 4) is 0 Å². The van der Waals surface area contributed by atoms with E-state index in [1.165, 1.54) is 122 Å². The van der Waals surface area contributed by atoms with Crippen LogP contribution in [0.5, 0.6) is 0 Å². The highest BCUT2D eigenvalue weighted by molar-refractivity contribution is 7.47. The Balaban J connectivity index is 1.76. The van der Waals surface area contributed by atoms with Gasteiger partial charge in [0.1, 0.15) is 98.7 Å². The molecule has 0 amide bonds. The highest BCUT2D eigenvalue weighted by atomic mass is 31.2. The molecule has 552 valence electrons. The van der Waals surface area contributed by atoms with E-state index in [9.17, 15) is 74.9 Å². The largest absolute Gasteiger partial charge is 0.472 e. The third-order valence-corrected chi connectivity index (χ3v) is 19.0. The van der Waals surface area contributed by atoms with Crippen LogP contribution in [0, 0.1) is 0 Å². The van der Waals surface area contributed by atoms with Crippen LogP contribution < -0.4 is 0 Å². The fraction of sp³-hybridized carbons (Fsp3) is 0.928. The Morgan fingerprint density at radius 3 is 1.16 bits per heavy atom. The normalized spacial score (nSPS) is 28.3. The summed E-state index contributed by atoms with van der Waals surface area (Å²) >= 11 is 0. The molecule has 0 aromatic carbocycles. The summed E-state index contributed by atoms with van der Waals surface area (Å²) in [7, 11) is -5.69. The van der Waals surface area contributed by atoms with Crippen molar-refractivity contribution in [2.24, 2.45) is 0 Å². The quantitative estimate of drug-likeness (QED) is 0.00888. The van der Waals surface area contributed by atoms with Gasteiger partial charge in [-0.2, -0.15) is 0 Å². The molecule has 0 spiro atoms. The Hall–Kier alpha value is -2.30. The van der Waals surface area contributed by atoms with E-state index in [4.69, 9.17) is 42.2 Å². The first-order chi connectivity index (χ1) is 45.3. The van der Waals surface area contributed by atoms with Crippen molar-refractivity contribution in [2.45, 2.75) is 382 Å². The Morgan fingerprint density at radius 1 is 0.404 bits per heavy atom. The SMILES string of the molecule is CCCCCCCCC/C=C\CCCCCC(=O)OC(COC(=O)CCCCCCCCCCCCCC)COP(=O)(O)OC1C(OC2OC(CO)C(O)C(O)C2O)C(O)C(O)C(O)C1OC1OC(COC(=O)CCCCCCCCCCCCCCC)C(O)C(O)C1O. The minimum Gasteiger partial charge on any atom is -0.463 e. The molecular weight excluding hydrogens is 1240 g/mol. The number of aliphatic hydroxyl groups excluding tert-OH is 10. The summed E-state index contributed by atoms with van der Waals surface area (Å²) in [5, 5.41) is 110. The molecule has 24 nitrogen and oxygen atoms in total. The summed E-state index contributed by atoms with van der Waals surface area (Å²) in [6.45, 7) is 3.41. The van der Waals surface area contributed by atoms with Gasteiger partial charge in [0.15, 0.2) is 18.7 Å². The third-order valence-electron chi connectivity index (χ3n) is 18.0. The van der Waals surface area contributed by atoms with E-state index in [1.807, 2.05) is 0 Å². The van der Waals surface area contributed by atoms with Crippen LogP contribution in [-0.4, -0.2) is 204 Å². The molecule has 2 heterocycles. The molecule has 0 radical (unpaired) electrons. The average Bonchev–Trinajstić information content (AvgIpc) is 0.766. The van der Waals surface area contributed by atoms with Gasteiger partial charge >= 0.3 is 25.7 Å². The summed E-state index contributed by atoms with van der Waals surface area (Å²) < 4.78 is 64.9. The van der Waals surface area contributed by atoms with Crippen molar-refractivity contribution >= 4 is 25.7 Å². The van der Waals surface area contributed by atoms with Crippen molar-refractivity contribution in [3.63, 3.8) is 0 Å². The first kappa shape index (κ1) is 85.9. The molecule has 18 atom stereocenters. The van der Waals surface area contributed by atoms with Gasteiger partial charge in [-0.1, -0.05) is 226 Å². The van der Waals surface area contributed by atoms with Crippen molar-refractivity contribution in [2.75, 3.05) is 26.4 Å². The highest BCUT2D eigenvalue weighted by Gasteiger charge is 2.58. The minimum absolute atomic E-state index is 0.0316. The van der Waals surface area contributed by atoms with Crippen LogP contribution in [0.4, 0.5) is 0 Å². The molecule has 2 aliphatic heterocycles. The molecule has 0 bridgehead atoms. The van der Waals surface area contributed by atoms with Crippen molar-refractivity contribution < 1.29 is 117 Å². The number of unbranched alkanes of at least 4 members (excludes halogenated alkanes) is 33. The average molecular weight is 1370 g/mol. The summed E-state index contributed by atoms with van der Waals surface area (Å²) in [5.74, 6) is -2.00. The molecule has 1 aliphatic carbocycles. The number of hydrogen-bond donors (Lipinski definition) is 11. The second kappa shape index (κ2) is 51.8. The summed E-state index contributed by atoms with van der Waals surface area (Å²) in [6.07, 6.45) is 8.72. The molecule has 1 saturated carbocycles. The smallest absolute Gasteiger partial charge is 0.463 e. The van der Waals surface area contributed by atoms with E-state index < -0.39 is 156 Å². The molecule has 2 saturated heterocycles. The number of carbonyl (C=O) groups is 3. The standard InChI is InChI=1S/C69H127O24P/c1-4-7-10-13-16-19-22-25-27-30-33-36-39-42-45-55(73)88-50(47-85-53(71)43-40-37-34-31-28-24-21-18-15-12-9-6-3)48-87-94(83,84)93-67-65(91-68-63(81)58(76)56(74)51(46-70)89-68)61(79)60(78)62(80)66(67)92-69-64(82)59(77)57(75)52(90-69)49-86-54(72)44-41-38-35-32-29-26-23-20-17-14-11-8-5-2/h27,30,50-52,56-70,74-82H,4-26,28-29,31-49H2,1-3H3,(H,83,84)/b30-27-. The fourth-order valence-corrected chi connectivity index (χ4v) is 13.0. The van der Waals surface area contributed by atoms with Gasteiger partial charge < -0.3 is 89.1 Å². The third kappa shape index (κ3) is 35.1. The molecule has 3 aliphatic rings. The summed E-state index contributed by atoms with van der Waals surface area (Å²) in [5.41, 5.74) is 0. The van der Waals surface area contributed by atoms with Crippen LogP contribution in [0.1, 0.15) is 278 Å². The number of esters is 3. The second-order valence-corrected chi connectivity index (χ2v) is 27.7. The van der Waals surface area contributed by atoms with E-state index in [2.05, 4.69) is 32.9 Å². The number of carbonyl (C=O) groups excluding carboxylic acids is 3. The molecule has 11 N–H and O–H groups in total. The summed E-state index contributed by atoms with van der Waals surface area (Å²) in [4.78, 5) is 50.9. The first-order valence-corrected chi connectivity index (χ1v) is 38.0. The zero-order valence-corrected chi connectivity index (χ0v) is 58.2.